The molecule has 1 aromatic heterocycles. The Hall–Kier alpha value is -3.29. The van der Waals surface area contributed by atoms with Crippen LogP contribution in [0.5, 0.6) is 11.5 Å². The summed E-state index contributed by atoms with van der Waals surface area (Å²) >= 11 is 0. The standard InChI is InChI=1S/C24H30N4O4/c1-31-21-9-8-20(14-22(21)32-17-18-6-4-10-25-15-18)26-23(29)19-7-5-13-28(16-19)24(30)27-11-2-3-12-27/h4,6,8-10,14-15,19H,2-3,5,7,11-13,16-17H2,1H3,(H,26,29)/t19-/m0/s1. The van der Waals surface area contributed by atoms with Gasteiger partial charge >= 0.3 is 6.03 Å². The molecule has 2 aromatic rings. The third-order valence-electron chi connectivity index (χ3n) is 5.99. The first-order valence-corrected chi connectivity index (χ1v) is 11.2. The molecule has 4 rings (SSSR count). The van der Waals surface area contributed by atoms with Crippen LogP contribution in [0.1, 0.15) is 31.2 Å². The highest BCUT2D eigenvalue weighted by atomic mass is 16.5. The predicted molar refractivity (Wildman–Crippen MR) is 121 cm³/mol. The first kappa shape index (κ1) is 21.9. The second-order valence-electron chi connectivity index (χ2n) is 8.27. The van der Waals surface area contributed by atoms with Gasteiger partial charge in [-0.15, -0.1) is 0 Å². The Bertz CT molecular complexity index is 931. The van der Waals surface area contributed by atoms with Crippen LogP contribution in [0.25, 0.3) is 0 Å². The third-order valence-corrected chi connectivity index (χ3v) is 5.99. The summed E-state index contributed by atoms with van der Waals surface area (Å²) < 4.78 is 11.3. The number of aromatic nitrogens is 1. The highest BCUT2D eigenvalue weighted by molar-refractivity contribution is 5.93. The number of rotatable bonds is 6. The van der Waals surface area contributed by atoms with E-state index in [1.165, 1.54) is 0 Å². The third kappa shape index (κ3) is 5.30. The Morgan fingerprint density at radius 3 is 2.66 bits per heavy atom. The minimum absolute atomic E-state index is 0.0653. The molecule has 0 unspecified atom stereocenters. The lowest BCUT2D eigenvalue weighted by molar-refractivity contribution is -0.121. The summed E-state index contributed by atoms with van der Waals surface area (Å²) in [6, 6.07) is 9.19. The number of methoxy groups -OCH3 is 1. The zero-order valence-corrected chi connectivity index (χ0v) is 18.5. The number of nitrogens with zero attached hydrogens (tertiary/aromatic N) is 3. The van der Waals surface area contributed by atoms with E-state index >= 15 is 0 Å². The van der Waals surface area contributed by atoms with Crippen LogP contribution >= 0.6 is 0 Å². The van der Waals surface area contributed by atoms with Crippen LogP contribution in [0.4, 0.5) is 10.5 Å². The number of amides is 3. The van der Waals surface area contributed by atoms with Gasteiger partial charge in [-0.05, 0) is 43.9 Å². The molecule has 1 aromatic carbocycles. The van der Waals surface area contributed by atoms with Gasteiger partial charge in [-0.2, -0.15) is 0 Å². The number of piperidine rings is 1. The van der Waals surface area contributed by atoms with Gasteiger partial charge in [0.05, 0.1) is 13.0 Å². The van der Waals surface area contributed by atoms with Gasteiger partial charge < -0.3 is 24.6 Å². The number of likely N-dealkylation sites (tertiary alicyclic amines) is 2. The Kier molecular flexibility index (Phi) is 7.09. The Labute approximate surface area is 188 Å². The molecule has 2 aliphatic rings. The van der Waals surface area contributed by atoms with Gasteiger partial charge in [-0.25, -0.2) is 4.79 Å². The van der Waals surface area contributed by atoms with Gasteiger partial charge in [0, 0.05) is 55.9 Å². The van der Waals surface area contributed by atoms with Crippen LogP contribution in [-0.2, 0) is 11.4 Å². The molecule has 0 radical (unpaired) electrons. The van der Waals surface area contributed by atoms with E-state index in [-0.39, 0.29) is 17.9 Å². The summed E-state index contributed by atoms with van der Waals surface area (Å²) in [5.74, 6) is 0.833. The molecule has 3 heterocycles. The Balaban J connectivity index is 1.38. The summed E-state index contributed by atoms with van der Waals surface area (Å²) in [6.07, 6.45) is 7.19. The largest absolute Gasteiger partial charge is 0.493 e. The number of hydrogen-bond acceptors (Lipinski definition) is 5. The van der Waals surface area contributed by atoms with Crippen molar-refractivity contribution in [2.24, 2.45) is 5.92 Å². The summed E-state index contributed by atoms with van der Waals surface area (Å²) in [5, 5.41) is 2.99. The van der Waals surface area contributed by atoms with Crippen LogP contribution in [0.15, 0.2) is 42.7 Å². The summed E-state index contributed by atoms with van der Waals surface area (Å²) in [7, 11) is 1.58. The van der Waals surface area contributed by atoms with E-state index in [2.05, 4.69) is 10.3 Å². The van der Waals surface area contributed by atoms with Crippen molar-refractivity contribution in [3.63, 3.8) is 0 Å². The molecule has 0 spiro atoms. The van der Waals surface area contributed by atoms with Gasteiger partial charge in [-0.3, -0.25) is 9.78 Å². The minimum atomic E-state index is -0.225. The molecule has 3 amide bonds. The molecule has 8 heteroatoms. The van der Waals surface area contributed by atoms with E-state index in [0.717, 1.165) is 44.3 Å². The van der Waals surface area contributed by atoms with E-state index in [4.69, 9.17) is 9.47 Å². The van der Waals surface area contributed by atoms with Crippen molar-refractivity contribution < 1.29 is 19.1 Å². The van der Waals surface area contributed by atoms with Crippen LogP contribution in [0.2, 0.25) is 0 Å². The van der Waals surface area contributed by atoms with Crippen molar-refractivity contribution in [1.82, 2.24) is 14.8 Å². The summed E-state index contributed by atoms with van der Waals surface area (Å²) in [5.41, 5.74) is 1.58. The minimum Gasteiger partial charge on any atom is -0.493 e. The second kappa shape index (κ2) is 10.3. The van der Waals surface area contributed by atoms with Gasteiger partial charge in [0.25, 0.3) is 0 Å². The molecule has 0 saturated carbocycles. The van der Waals surface area contributed by atoms with Gasteiger partial charge in [0.2, 0.25) is 5.91 Å². The first-order valence-electron chi connectivity index (χ1n) is 11.2. The van der Waals surface area contributed by atoms with Crippen molar-refractivity contribution in [3.05, 3.63) is 48.3 Å². The molecule has 2 aliphatic heterocycles. The number of urea groups is 1. The SMILES string of the molecule is COc1ccc(NC(=O)[C@H]2CCCN(C(=O)N3CCCC3)C2)cc1OCc1cccnc1. The molecule has 1 N–H and O–H groups in total. The Morgan fingerprint density at radius 1 is 1.09 bits per heavy atom. The fraction of sp³-hybridized carbons (Fsp3) is 0.458. The van der Waals surface area contributed by atoms with E-state index < -0.39 is 0 Å². The lowest BCUT2D eigenvalue weighted by Gasteiger charge is -2.34. The number of pyridine rings is 1. The van der Waals surface area contributed by atoms with Crippen molar-refractivity contribution >= 4 is 17.6 Å². The zero-order valence-electron chi connectivity index (χ0n) is 18.5. The fourth-order valence-electron chi connectivity index (χ4n) is 4.23. The molecule has 1 atom stereocenters. The normalized spacial score (nSPS) is 18.3. The molecule has 8 nitrogen and oxygen atoms in total. The van der Waals surface area contributed by atoms with Crippen molar-refractivity contribution in [1.29, 1.82) is 0 Å². The number of nitrogens with one attached hydrogen (secondary N) is 1. The molecule has 0 bridgehead atoms. The second-order valence-corrected chi connectivity index (χ2v) is 8.27. The van der Waals surface area contributed by atoms with Gasteiger partial charge in [0.1, 0.15) is 6.61 Å². The number of carbonyl (C=O) groups is 2. The average Bonchev–Trinajstić information content (AvgIpc) is 3.38. The van der Waals surface area contributed by atoms with E-state index in [9.17, 15) is 9.59 Å². The zero-order chi connectivity index (χ0) is 22.3. The lowest BCUT2D eigenvalue weighted by Crippen LogP contribution is -2.48. The Morgan fingerprint density at radius 2 is 1.91 bits per heavy atom. The lowest BCUT2D eigenvalue weighted by atomic mass is 9.97. The average molecular weight is 439 g/mol. The highest BCUT2D eigenvalue weighted by Crippen LogP contribution is 2.31. The summed E-state index contributed by atoms with van der Waals surface area (Å²) in [6.45, 7) is 3.16. The van der Waals surface area contributed by atoms with E-state index in [1.54, 1.807) is 37.7 Å². The van der Waals surface area contributed by atoms with Crippen molar-refractivity contribution in [3.8, 4) is 11.5 Å². The predicted octanol–water partition coefficient (Wildman–Crippen LogP) is 3.54. The van der Waals surface area contributed by atoms with Gasteiger partial charge in [0.15, 0.2) is 11.5 Å². The van der Waals surface area contributed by atoms with Crippen LogP contribution in [0, 0.1) is 5.92 Å². The maximum Gasteiger partial charge on any atom is 0.320 e. The molecule has 2 saturated heterocycles. The number of carbonyl (C=O) groups excluding carboxylic acids is 2. The number of benzene rings is 1. The number of ether oxygens (including phenoxy) is 2. The quantitative estimate of drug-likeness (QED) is 0.746. The topological polar surface area (TPSA) is 84.0 Å². The first-order chi connectivity index (χ1) is 15.6. The molecule has 170 valence electrons. The molecular weight excluding hydrogens is 408 g/mol. The van der Waals surface area contributed by atoms with E-state index in [1.807, 2.05) is 21.9 Å². The molecule has 2 fully saturated rings. The van der Waals surface area contributed by atoms with E-state index in [0.29, 0.717) is 36.9 Å². The van der Waals surface area contributed by atoms with Crippen LogP contribution in [0.3, 0.4) is 0 Å². The fourth-order valence-corrected chi connectivity index (χ4v) is 4.23. The van der Waals surface area contributed by atoms with Crippen LogP contribution in [-0.4, -0.2) is 60.0 Å². The molecule has 0 aliphatic carbocycles. The van der Waals surface area contributed by atoms with Crippen molar-refractivity contribution in [2.75, 3.05) is 38.6 Å². The maximum absolute atomic E-state index is 13.0. The maximum atomic E-state index is 13.0. The monoisotopic (exact) mass is 438 g/mol. The number of anilines is 1. The molecule has 32 heavy (non-hydrogen) atoms. The number of hydrogen-bond donors (Lipinski definition) is 1. The summed E-state index contributed by atoms with van der Waals surface area (Å²) in [4.78, 5) is 33.5. The molecular formula is C24H30N4O4. The highest BCUT2D eigenvalue weighted by Gasteiger charge is 2.31. The van der Waals surface area contributed by atoms with Crippen molar-refractivity contribution in [2.45, 2.75) is 32.3 Å². The van der Waals surface area contributed by atoms with Crippen LogP contribution < -0.4 is 14.8 Å². The smallest absolute Gasteiger partial charge is 0.320 e. The van der Waals surface area contributed by atoms with Gasteiger partial charge in [-0.1, -0.05) is 6.07 Å².